The van der Waals surface area contributed by atoms with Gasteiger partial charge in [-0.05, 0) is 41.3 Å². The van der Waals surface area contributed by atoms with Gasteiger partial charge in [0.2, 0.25) is 0 Å². The van der Waals surface area contributed by atoms with Gasteiger partial charge in [-0.15, -0.1) is 0 Å². The Bertz CT molecular complexity index is 579. The molecule has 0 aliphatic carbocycles. The summed E-state index contributed by atoms with van der Waals surface area (Å²) in [4.78, 5) is 0. The number of benzene rings is 2. The van der Waals surface area contributed by atoms with Crippen molar-refractivity contribution < 1.29 is 4.74 Å². The maximum absolute atomic E-state index is 8.77. The minimum Gasteiger partial charge on any atom is -0.380 e. The lowest BCUT2D eigenvalue weighted by atomic mass is 9.99. The number of aryl methyl sites for hydroxylation is 1. The summed E-state index contributed by atoms with van der Waals surface area (Å²) in [6.45, 7) is 2.72. The Labute approximate surface area is 107 Å². The predicted molar refractivity (Wildman–Crippen MR) is 72.0 cm³/mol. The Morgan fingerprint density at radius 1 is 1.06 bits per heavy atom. The third-order valence-electron chi connectivity index (χ3n) is 2.99. The molecule has 18 heavy (non-hydrogen) atoms. The molecule has 2 aromatic carbocycles. The van der Waals surface area contributed by atoms with Crippen LogP contribution in [0.2, 0.25) is 0 Å². The van der Waals surface area contributed by atoms with Gasteiger partial charge in [0.1, 0.15) is 0 Å². The molecule has 0 fully saturated rings. The fourth-order valence-corrected chi connectivity index (χ4v) is 1.93. The van der Waals surface area contributed by atoms with Crippen LogP contribution in [0.1, 0.15) is 16.7 Å². The molecule has 0 atom stereocenters. The molecule has 2 rings (SSSR count). The van der Waals surface area contributed by atoms with E-state index in [9.17, 15) is 0 Å². The molecule has 0 spiro atoms. The summed E-state index contributed by atoms with van der Waals surface area (Å²) in [5, 5.41) is 8.77. The molecule has 2 aromatic rings. The number of nitriles is 1. The summed E-state index contributed by atoms with van der Waals surface area (Å²) >= 11 is 0. The first kappa shape index (κ1) is 12.3. The van der Waals surface area contributed by atoms with E-state index in [1.807, 2.05) is 24.3 Å². The van der Waals surface area contributed by atoms with Crippen LogP contribution in [0.3, 0.4) is 0 Å². The molecule has 0 heterocycles. The van der Waals surface area contributed by atoms with Crippen LogP contribution < -0.4 is 0 Å². The van der Waals surface area contributed by atoms with Crippen molar-refractivity contribution in [2.75, 3.05) is 7.11 Å². The standard InChI is InChI=1S/C16H15NO/c1-12-9-15(7-8-16(12)11-18-2)14-5-3-13(10-17)4-6-14/h3-9H,11H2,1-2H3. The van der Waals surface area contributed by atoms with E-state index in [0.717, 1.165) is 11.1 Å². The van der Waals surface area contributed by atoms with Crippen molar-refractivity contribution in [3.63, 3.8) is 0 Å². The summed E-state index contributed by atoms with van der Waals surface area (Å²) in [5.74, 6) is 0. The van der Waals surface area contributed by atoms with Gasteiger partial charge in [0.25, 0.3) is 0 Å². The van der Waals surface area contributed by atoms with Crippen LogP contribution in [0, 0.1) is 18.3 Å². The van der Waals surface area contributed by atoms with Gasteiger partial charge in [-0.1, -0.05) is 30.3 Å². The fraction of sp³-hybridized carbons (Fsp3) is 0.188. The normalized spacial score (nSPS) is 10.1. The third-order valence-corrected chi connectivity index (χ3v) is 2.99. The van der Waals surface area contributed by atoms with Crippen molar-refractivity contribution in [1.29, 1.82) is 5.26 Å². The van der Waals surface area contributed by atoms with E-state index in [4.69, 9.17) is 10.00 Å². The van der Waals surface area contributed by atoms with E-state index >= 15 is 0 Å². The lowest BCUT2D eigenvalue weighted by molar-refractivity contribution is 0.184. The zero-order valence-corrected chi connectivity index (χ0v) is 10.6. The molecule has 0 radical (unpaired) electrons. The number of ether oxygens (including phenoxy) is 1. The summed E-state index contributed by atoms with van der Waals surface area (Å²) in [6, 6.07) is 16.1. The molecule has 0 aliphatic rings. The Morgan fingerprint density at radius 2 is 1.72 bits per heavy atom. The minimum absolute atomic E-state index is 0.638. The first-order valence-electron chi connectivity index (χ1n) is 5.83. The quantitative estimate of drug-likeness (QED) is 0.815. The molecule has 0 amide bonds. The van der Waals surface area contributed by atoms with Crippen LogP contribution in [0.4, 0.5) is 0 Å². The van der Waals surface area contributed by atoms with Crippen LogP contribution in [0.15, 0.2) is 42.5 Å². The second kappa shape index (κ2) is 5.48. The Kier molecular flexibility index (Phi) is 3.76. The molecule has 0 bridgehead atoms. The molecule has 0 saturated carbocycles. The Hall–Kier alpha value is -2.11. The van der Waals surface area contributed by atoms with E-state index in [-0.39, 0.29) is 0 Å². The van der Waals surface area contributed by atoms with E-state index in [1.165, 1.54) is 11.1 Å². The van der Waals surface area contributed by atoms with Crippen LogP contribution in [-0.2, 0) is 11.3 Å². The molecule has 2 heteroatoms. The fourth-order valence-electron chi connectivity index (χ4n) is 1.93. The first-order valence-corrected chi connectivity index (χ1v) is 5.83. The second-order valence-electron chi connectivity index (χ2n) is 4.26. The van der Waals surface area contributed by atoms with Crippen LogP contribution in [-0.4, -0.2) is 7.11 Å². The number of hydrogen-bond acceptors (Lipinski definition) is 2. The zero-order chi connectivity index (χ0) is 13.0. The summed E-state index contributed by atoms with van der Waals surface area (Å²) < 4.78 is 5.15. The van der Waals surface area contributed by atoms with Crippen LogP contribution >= 0.6 is 0 Å². The van der Waals surface area contributed by atoms with Gasteiger partial charge in [0, 0.05) is 7.11 Å². The molecule has 90 valence electrons. The Balaban J connectivity index is 2.33. The highest BCUT2D eigenvalue weighted by Crippen LogP contribution is 2.23. The maximum Gasteiger partial charge on any atom is 0.0991 e. The van der Waals surface area contributed by atoms with Crippen LogP contribution in [0.25, 0.3) is 11.1 Å². The molecular formula is C16H15NO. The lowest BCUT2D eigenvalue weighted by Crippen LogP contribution is -1.92. The van der Waals surface area contributed by atoms with Crippen molar-refractivity contribution >= 4 is 0 Å². The first-order chi connectivity index (χ1) is 8.74. The van der Waals surface area contributed by atoms with Crippen molar-refractivity contribution in [2.24, 2.45) is 0 Å². The van der Waals surface area contributed by atoms with E-state index < -0.39 is 0 Å². The van der Waals surface area contributed by atoms with Crippen LogP contribution in [0.5, 0.6) is 0 Å². The molecule has 2 nitrogen and oxygen atoms in total. The monoisotopic (exact) mass is 237 g/mol. The average molecular weight is 237 g/mol. The average Bonchev–Trinajstić information content (AvgIpc) is 2.41. The highest BCUT2D eigenvalue weighted by Gasteiger charge is 2.02. The highest BCUT2D eigenvalue weighted by molar-refractivity contribution is 5.65. The molecule has 0 aliphatic heterocycles. The van der Waals surface area contributed by atoms with Gasteiger partial charge in [0.05, 0.1) is 18.2 Å². The predicted octanol–water partition coefficient (Wildman–Crippen LogP) is 3.68. The summed E-state index contributed by atoms with van der Waals surface area (Å²) in [7, 11) is 1.70. The lowest BCUT2D eigenvalue weighted by Gasteiger charge is -2.08. The molecule has 0 aromatic heterocycles. The van der Waals surface area contributed by atoms with Crippen molar-refractivity contribution in [3.8, 4) is 17.2 Å². The number of nitrogens with zero attached hydrogens (tertiary/aromatic N) is 1. The minimum atomic E-state index is 0.638. The van der Waals surface area contributed by atoms with E-state index in [1.54, 1.807) is 7.11 Å². The van der Waals surface area contributed by atoms with E-state index in [2.05, 4.69) is 31.2 Å². The number of hydrogen-bond donors (Lipinski definition) is 0. The van der Waals surface area contributed by atoms with Crippen molar-refractivity contribution in [1.82, 2.24) is 0 Å². The van der Waals surface area contributed by atoms with Gasteiger partial charge >= 0.3 is 0 Å². The highest BCUT2D eigenvalue weighted by atomic mass is 16.5. The topological polar surface area (TPSA) is 33.0 Å². The number of methoxy groups -OCH3 is 1. The van der Waals surface area contributed by atoms with E-state index in [0.29, 0.717) is 12.2 Å². The SMILES string of the molecule is COCc1ccc(-c2ccc(C#N)cc2)cc1C. The summed E-state index contributed by atoms with van der Waals surface area (Å²) in [5.41, 5.74) is 5.40. The number of rotatable bonds is 3. The third kappa shape index (κ3) is 2.58. The van der Waals surface area contributed by atoms with Gasteiger partial charge in [-0.2, -0.15) is 5.26 Å². The smallest absolute Gasteiger partial charge is 0.0991 e. The summed E-state index contributed by atoms with van der Waals surface area (Å²) in [6.07, 6.45) is 0. The van der Waals surface area contributed by atoms with Crippen molar-refractivity contribution in [3.05, 3.63) is 59.2 Å². The van der Waals surface area contributed by atoms with Crippen molar-refractivity contribution in [2.45, 2.75) is 13.5 Å². The second-order valence-corrected chi connectivity index (χ2v) is 4.26. The largest absolute Gasteiger partial charge is 0.380 e. The van der Waals surface area contributed by atoms with Gasteiger partial charge in [-0.3, -0.25) is 0 Å². The van der Waals surface area contributed by atoms with Gasteiger partial charge < -0.3 is 4.74 Å². The maximum atomic E-state index is 8.77. The Morgan fingerprint density at radius 3 is 2.28 bits per heavy atom. The zero-order valence-electron chi connectivity index (χ0n) is 10.6. The molecule has 0 saturated heterocycles. The molecule has 0 N–H and O–H groups in total. The van der Waals surface area contributed by atoms with Gasteiger partial charge in [-0.25, -0.2) is 0 Å². The molecular weight excluding hydrogens is 222 g/mol. The van der Waals surface area contributed by atoms with Gasteiger partial charge in [0.15, 0.2) is 0 Å². The molecule has 0 unspecified atom stereocenters.